The van der Waals surface area contributed by atoms with Crippen LogP contribution in [-0.2, 0) is 9.53 Å². The van der Waals surface area contributed by atoms with Gasteiger partial charge in [0.1, 0.15) is 0 Å². The van der Waals surface area contributed by atoms with E-state index in [2.05, 4.69) is 11.9 Å². The molecule has 1 aromatic rings. The number of hydrogen-bond donors (Lipinski definition) is 1. The number of methoxy groups -OCH3 is 1. The molecule has 0 aliphatic rings. The van der Waals surface area contributed by atoms with E-state index in [-0.39, 0.29) is 16.7 Å². The first kappa shape index (κ1) is 19.8. The van der Waals surface area contributed by atoms with Crippen LogP contribution >= 0.6 is 11.6 Å². The van der Waals surface area contributed by atoms with Gasteiger partial charge in [-0.05, 0) is 32.9 Å². The maximum absolute atomic E-state index is 12.2. The average molecular weight is 356 g/mol. The van der Waals surface area contributed by atoms with Crippen LogP contribution in [0, 0.1) is 0 Å². The van der Waals surface area contributed by atoms with Crippen LogP contribution in [0.4, 0.5) is 0 Å². The lowest BCUT2D eigenvalue weighted by atomic mass is 10.2. The summed E-state index contributed by atoms with van der Waals surface area (Å²) >= 11 is 6.17. The van der Waals surface area contributed by atoms with Crippen molar-refractivity contribution in [1.29, 1.82) is 0 Å². The molecule has 24 heavy (non-hydrogen) atoms. The topological polar surface area (TPSA) is 73.9 Å². The number of hydrogen-bond acceptors (Lipinski definition) is 5. The molecule has 0 fully saturated rings. The molecule has 0 aliphatic carbocycles. The highest BCUT2D eigenvalue weighted by atomic mass is 35.5. The number of benzene rings is 1. The first-order chi connectivity index (χ1) is 11.3. The average Bonchev–Trinajstić information content (AvgIpc) is 2.53. The fourth-order valence-electron chi connectivity index (χ4n) is 1.79. The van der Waals surface area contributed by atoms with E-state index in [1.54, 1.807) is 0 Å². The fraction of sp³-hybridized carbons (Fsp3) is 0.412. The molecule has 0 spiro atoms. The van der Waals surface area contributed by atoms with Crippen LogP contribution in [0.15, 0.2) is 24.8 Å². The Hall–Kier alpha value is -2.21. The van der Waals surface area contributed by atoms with Crippen molar-refractivity contribution < 1.29 is 23.8 Å². The predicted octanol–water partition coefficient (Wildman–Crippen LogP) is 2.98. The molecule has 1 N–H and O–H groups in total. The number of rotatable bonds is 8. The van der Waals surface area contributed by atoms with Gasteiger partial charge in [-0.3, -0.25) is 4.79 Å². The van der Waals surface area contributed by atoms with Gasteiger partial charge >= 0.3 is 5.97 Å². The van der Waals surface area contributed by atoms with Gasteiger partial charge in [-0.2, -0.15) is 0 Å². The van der Waals surface area contributed by atoms with Crippen LogP contribution in [0.25, 0.3) is 0 Å². The smallest absolute Gasteiger partial charge is 0.339 e. The fourth-order valence-corrected chi connectivity index (χ4v) is 2.04. The Labute approximate surface area is 146 Å². The Morgan fingerprint density at radius 2 is 2.00 bits per heavy atom. The summed E-state index contributed by atoms with van der Waals surface area (Å²) in [5, 5.41) is 2.77. The summed E-state index contributed by atoms with van der Waals surface area (Å²) in [6.45, 7) is 8.96. The lowest BCUT2D eigenvalue weighted by molar-refractivity contribution is -0.128. The SMILES string of the molecule is C=CCNC(=O)[C@H](C)OC(=O)c1cc(Cl)c(OC(C)C)c(OC)c1. The number of esters is 1. The molecular formula is C17H22ClNO5. The quantitative estimate of drug-likeness (QED) is 0.573. The summed E-state index contributed by atoms with van der Waals surface area (Å²) in [7, 11) is 1.44. The van der Waals surface area contributed by atoms with Gasteiger partial charge in [0, 0.05) is 6.54 Å². The molecule has 0 unspecified atom stereocenters. The van der Waals surface area contributed by atoms with Gasteiger partial charge in [-0.15, -0.1) is 6.58 Å². The van der Waals surface area contributed by atoms with E-state index in [9.17, 15) is 9.59 Å². The van der Waals surface area contributed by atoms with Crippen molar-refractivity contribution in [2.24, 2.45) is 0 Å². The van der Waals surface area contributed by atoms with E-state index in [0.29, 0.717) is 18.0 Å². The molecule has 0 radical (unpaired) electrons. The van der Waals surface area contributed by atoms with E-state index in [0.717, 1.165) is 0 Å². The van der Waals surface area contributed by atoms with E-state index in [1.165, 1.54) is 32.2 Å². The Kier molecular flexibility index (Phi) is 7.58. The number of amides is 1. The largest absolute Gasteiger partial charge is 0.493 e. The minimum Gasteiger partial charge on any atom is -0.493 e. The van der Waals surface area contributed by atoms with Gasteiger partial charge in [-0.1, -0.05) is 17.7 Å². The Morgan fingerprint density at radius 1 is 1.33 bits per heavy atom. The Balaban J connectivity index is 2.93. The summed E-state index contributed by atoms with van der Waals surface area (Å²) in [6, 6.07) is 2.87. The molecule has 1 amide bonds. The minimum absolute atomic E-state index is 0.109. The van der Waals surface area contributed by atoms with Gasteiger partial charge in [0.15, 0.2) is 17.6 Å². The van der Waals surface area contributed by atoms with Crippen molar-refractivity contribution in [3.63, 3.8) is 0 Å². The maximum atomic E-state index is 12.2. The Bertz CT molecular complexity index is 615. The summed E-state index contributed by atoms with van der Waals surface area (Å²) in [5.41, 5.74) is 0.163. The second kappa shape index (κ2) is 9.17. The minimum atomic E-state index is -0.950. The standard InChI is InChI=1S/C17H22ClNO5/c1-6-7-19-16(20)11(4)24-17(21)12-8-13(18)15(23-10(2)3)14(9-12)22-5/h6,8-11H,1,7H2,2-5H3,(H,19,20)/t11-/m0/s1. The molecule has 0 aromatic heterocycles. The van der Waals surface area contributed by atoms with Gasteiger partial charge in [0.2, 0.25) is 0 Å². The van der Waals surface area contributed by atoms with Crippen molar-refractivity contribution >= 4 is 23.5 Å². The maximum Gasteiger partial charge on any atom is 0.339 e. The van der Waals surface area contributed by atoms with E-state index in [1.807, 2.05) is 13.8 Å². The Morgan fingerprint density at radius 3 is 2.54 bits per heavy atom. The van der Waals surface area contributed by atoms with Crippen molar-refractivity contribution in [1.82, 2.24) is 5.32 Å². The summed E-state index contributed by atoms with van der Waals surface area (Å²) < 4.78 is 15.9. The van der Waals surface area contributed by atoms with Gasteiger partial charge in [0.05, 0.1) is 23.8 Å². The molecule has 6 nitrogen and oxygen atoms in total. The van der Waals surface area contributed by atoms with Crippen LogP contribution < -0.4 is 14.8 Å². The highest BCUT2D eigenvalue weighted by molar-refractivity contribution is 6.32. The molecule has 0 saturated carbocycles. The molecular weight excluding hydrogens is 334 g/mol. The lowest BCUT2D eigenvalue weighted by Gasteiger charge is -2.17. The van der Waals surface area contributed by atoms with Crippen molar-refractivity contribution in [2.75, 3.05) is 13.7 Å². The predicted molar refractivity (Wildman–Crippen MR) is 91.9 cm³/mol. The normalized spacial score (nSPS) is 11.6. The van der Waals surface area contributed by atoms with E-state index >= 15 is 0 Å². The van der Waals surface area contributed by atoms with Crippen LogP contribution in [0.1, 0.15) is 31.1 Å². The molecule has 1 aromatic carbocycles. The first-order valence-corrected chi connectivity index (χ1v) is 7.81. The van der Waals surface area contributed by atoms with Crippen LogP contribution in [-0.4, -0.2) is 37.7 Å². The zero-order chi connectivity index (χ0) is 18.3. The van der Waals surface area contributed by atoms with Crippen molar-refractivity contribution in [3.8, 4) is 11.5 Å². The third kappa shape index (κ3) is 5.45. The van der Waals surface area contributed by atoms with E-state index in [4.69, 9.17) is 25.8 Å². The van der Waals surface area contributed by atoms with Gasteiger partial charge < -0.3 is 19.5 Å². The highest BCUT2D eigenvalue weighted by Crippen LogP contribution is 2.37. The molecule has 1 atom stereocenters. The summed E-state index contributed by atoms with van der Waals surface area (Å²) in [5.74, 6) is -0.442. The number of ether oxygens (including phenoxy) is 3. The van der Waals surface area contributed by atoms with Crippen molar-refractivity contribution in [3.05, 3.63) is 35.4 Å². The lowest BCUT2D eigenvalue weighted by Crippen LogP contribution is -2.35. The molecule has 0 bridgehead atoms. The zero-order valence-electron chi connectivity index (χ0n) is 14.2. The van der Waals surface area contributed by atoms with Crippen LogP contribution in [0.5, 0.6) is 11.5 Å². The number of nitrogens with one attached hydrogen (secondary N) is 1. The molecule has 1 rings (SSSR count). The molecule has 0 saturated heterocycles. The third-order valence-electron chi connectivity index (χ3n) is 2.89. The third-order valence-corrected chi connectivity index (χ3v) is 3.17. The van der Waals surface area contributed by atoms with Crippen LogP contribution in [0.3, 0.4) is 0 Å². The second-order valence-corrected chi connectivity index (χ2v) is 5.64. The van der Waals surface area contributed by atoms with Crippen LogP contribution in [0.2, 0.25) is 5.02 Å². The second-order valence-electron chi connectivity index (χ2n) is 5.24. The monoisotopic (exact) mass is 355 g/mol. The zero-order valence-corrected chi connectivity index (χ0v) is 15.0. The number of carbonyl (C=O) groups excluding carboxylic acids is 2. The molecule has 132 valence electrons. The van der Waals surface area contributed by atoms with E-state index < -0.39 is 18.0 Å². The number of carbonyl (C=O) groups is 2. The summed E-state index contributed by atoms with van der Waals surface area (Å²) in [4.78, 5) is 23.9. The van der Waals surface area contributed by atoms with Gasteiger partial charge in [-0.25, -0.2) is 4.79 Å². The highest BCUT2D eigenvalue weighted by Gasteiger charge is 2.21. The van der Waals surface area contributed by atoms with Gasteiger partial charge in [0.25, 0.3) is 5.91 Å². The first-order valence-electron chi connectivity index (χ1n) is 7.43. The number of halogens is 1. The van der Waals surface area contributed by atoms with Crippen molar-refractivity contribution in [2.45, 2.75) is 33.0 Å². The molecule has 0 aliphatic heterocycles. The molecule has 0 heterocycles. The summed E-state index contributed by atoms with van der Waals surface area (Å²) in [6.07, 6.45) is 0.474. The molecule has 7 heteroatoms.